The lowest BCUT2D eigenvalue weighted by molar-refractivity contribution is -0.124. The summed E-state index contributed by atoms with van der Waals surface area (Å²) < 4.78 is 5.25. The predicted molar refractivity (Wildman–Crippen MR) is 462 cm³/mol. The van der Waals surface area contributed by atoms with E-state index in [0.29, 0.717) is 72.1 Å². The van der Waals surface area contributed by atoms with Gasteiger partial charge < -0.3 is 28.7 Å². The molecule has 14 heteroatoms. The minimum absolute atomic E-state index is 0.0313. The van der Waals surface area contributed by atoms with Gasteiger partial charge in [-0.15, -0.1) is 45.3 Å². The van der Waals surface area contributed by atoms with Crippen LogP contribution in [-0.4, -0.2) is 78.5 Å². The largest absolute Gasteiger partial charge is 0.340 e. The van der Waals surface area contributed by atoms with E-state index >= 15 is 19.2 Å². The molecule has 4 aliphatic rings. The third-order valence-corrected chi connectivity index (χ3v) is 28.4. The van der Waals surface area contributed by atoms with Crippen LogP contribution in [0, 0.1) is 23.7 Å². The highest BCUT2D eigenvalue weighted by atomic mass is 32.1. The fraction of sp³-hybridized carbons (Fsp3) is 0.511. The fourth-order valence-electron chi connectivity index (χ4n) is 17.9. The molecule has 6 aromatic heterocycles. The first-order valence-electron chi connectivity index (χ1n) is 42.4. The van der Waals surface area contributed by atoms with Gasteiger partial charge in [0.1, 0.15) is 0 Å². The van der Waals surface area contributed by atoms with E-state index in [1.807, 2.05) is 19.6 Å². The zero-order valence-corrected chi connectivity index (χ0v) is 70.0. The second-order valence-corrected chi connectivity index (χ2v) is 35.8. The average molecular weight is 1530 g/mol. The Hall–Kier alpha value is -7.10. The van der Waals surface area contributed by atoms with Crippen LogP contribution >= 0.6 is 45.3 Å². The molecule has 574 valence electrons. The number of nitrogens with zero attached hydrogens (tertiary/aromatic N) is 6. The van der Waals surface area contributed by atoms with Crippen molar-refractivity contribution in [3.63, 3.8) is 0 Å². The first-order valence-corrected chi connectivity index (χ1v) is 45.8. The summed E-state index contributed by atoms with van der Waals surface area (Å²) in [6.07, 6.45) is 31.5. The molecule has 4 aliphatic heterocycles. The maximum atomic E-state index is 15.6. The van der Waals surface area contributed by atoms with Crippen LogP contribution in [0.4, 0.5) is 0 Å². The second-order valence-electron chi connectivity index (χ2n) is 31.7. The normalized spacial score (nSPS) is 16.1. The Labute approximate surface area is 661 Å². The van der Waals surface area contributed by atoms with Crippen molar-refractivity contribution in [2.45, 2.75) is 262 Å². The van der Waals surface area contributed by atoms with Crippen molar-refractivity contribution >= 4 is 135 Å². The molecule has 0 radical (unpaired) electrons. The number of carbonyl (C=O) groups is 4. The molecule has 0 saturated heterocycles. The number of aromatic nitrogens is 2. The summed E-state index contributed by atoms with van der Waals surface area (Å²) in [6, 6.07) is 36.5. The van der Waals surface area contributed by atoms with E-state index in [9.17, 15) is 0 Å². The van der Waals surface area contributed by atoms with Gasteiger partial charge in [-0.05, 0) is 157 Å². The number of benzene rings is 3. The molecule has 0 N–H and O–H groups in total. The quantitative estimate of drug-likeness (QED) is 0.0356. The van der Waals surface area contributed by atoms with E-state index in [2.05, 4.69) is 186 Å². The second kappa shape index (κ2) is 36.8. The number of thiophene rings is 4. The van der Waals surface area contributed by atoms with E-state index in [4.69, 9.17) is 0 Å². The lowest BCUT2D eigenvalue weighted by Gasteiger charge is -2.29. The van der Waals surface area contributed by atoms with E-state index < -0.39 is 0 Å². The smallest absolute Gasteiger partial charge is 0.261 e. The Kier molecular flexibility index (Phi) is 26.9. The van der Waals surface area contributed by atoms with E-state index in [-0.39, 0.29) is 23.6 Å². The molecular formula is C94H120N6O4S4. The molecular weight excluding hydrogens is 1410 g/mol. The number of carbonyl (C=O) groups excluding carboxylic acids is 4. The zero-order chi connectivity index (χ0) is 75.5. The summed E-state index contributed by atoms with van der Waals surface area (Å²) >= 11 is 6.69. The van der Waals surface area contributed by atoms with Gasteiger partial charge in [0.15, 0.2) is 0 Å². The average Bonchev–Trinajstić information content (AvgIpc) is 1.56. The fourth-order valence-corrected chi connectivity index (χ4v) is 21.6. The van der Waals surface area contributed by atoms with Crippen LogP contribution in [-0.2, 0) is 32.3 Å². The van der Waals surface area contributed by atoms with Gasteiger partial charge in [-0.2, -0.15) is 0 Å². The summed E-state index contributed by atoms with van der Waals surface area (Å²) in [4.78, 5) is 76.4. The molecule has 0 saturated carbocycles. The van der Waals surface area contributed by atoms with Gasteiger partial charge in [0.05, 0.1) is 64.6 Å². The first kappa shape index (κ1) is 79.0. The molecule has 0 aliphatic carbocycles. The molecule has 108 heavy (non-hydrogen) atoms. The monoisotopic (exact) mass is 1520 g/mol. The standard InChI is InChI=1S/C94H120N6O4S4/c1-11-21-27-29-31-33-51-95-73-45-43-67(77-47-49-81(107-77)89-85-83(91(101)99(89)61-65(19-9)39-25-15-5)87(79-41-35-53-105-79)97(93(85)103)59-63(17-7)37-23-13-3)55-69(73)71-58-76-72(57-75(71)95)70-56-68(44-46-74(70)96(76)52-34-32-30-28-22-12-2)78-48-50-82(108-78)90-86-84(92(102)100(90)62-66(20-10)40-26-16-6)88(80-42-36-54-106-80)98(94(86)104)60-64(18-8)38-24-14-4/h35-36,41-50,53-58,63-66H,11-34,37-40,51-52,59-62H2,1-10H3. The molecule has 0 fully saturated rings. The molecule has 4 amide bonds. The molecule has 0 bridgehead atoms. The molecule has 4 atom stereocenters. The van der Waals surface area contributed by atoms with Crippen molar-refractivity contribution in [3.05, 3.63) is 150 Å². The summed E-state index contributed by atoms with van der Waals surface area (Å²) in [7, 11) is 0. The van der Waals surface area contributed by atoms with Gasteiger partial charge in [-0.3, -0.25) is 19.2 Å². The number of hydrogen-bond acceptors (Lipinski definition) is 8. The van der Waals surface area contributed by atoms with Crippen LogP contribution in [0.1, 0.15) is 269 Å². The molecule has 4 unspecified atom stereocenters. The zero-order valence-electron chi connectivity index (χ0n) is 66.7. The van der Waals surface area contributed by atoms with E-state index in [0.717, 1.165) is 192 Å². The predicted octanol–water partition coefficient (Wildman–Crippen LogP) is 26.7. The topological polar surface area (TPSA) is 91.1 Å². The summed E-state index contributed by atoms with van der Waals surface area (Å²) in [5.41, 5.74) is 12.8. The van der Waals surface area contributed by atoms with Gasteiger partial charge in [-0.25, -0.2) is 0 Å². The molecule has 0 spiro atoms. The van der Waals surface area contributed by atoms with Gasteiger partial charge in [0, 0.05) is 92.6 Å². The maximum Gasteiger partial charge on any atom is 0.261 e. The van der Waals surface area contributed by atoms with Crippen molar-refractivity contribution in [2.75, 3.05) is 26.2 Å². The molecule has 10 nitrogen and oxygen atoms in total. The highest BCUT2D eigenvalue weighted by molar-refractivity contribution is 7.17. The summed E-state index contributed by atoms with van der Waals surface area (Å²) in [5.74, 6) is 1.17. The van der Waals surface area contributed by atoms with Crippen LogP contribution in [0.25, 0.3) is 87.3 Å². The third kappa shape index (κ3) is 16.1. The summed E-state index contributed by atoms with van der Waals surface area (Å²) in [5, 5.41) is 9.16. The van der Waals surface area contributed by atoms with Crippen molar-refractivity contribution in [3.8, 4) is 20.9 Å². The van der Waals surface area contributed by atoms with Gasteiger partial charge >= 0.3 is 0 Å². The number of amides is 4. The number of rotatable bonds is 44. The SMILES string of the molecule is CCCCCCCCn1c2ccc(-c3ccc(C4=C5C(=O)N(CC(CC)CCCC)C(c6cccs6)=C5C(=O)N4CC(CC)CCCC)s3)cc2c2cc3c(cc21)c1cc(-c2ccc(C4=C5C(=O)N(CC(CC)CCCC)C(c6cccs6)=C5C(=O)N4CC(CC)CCCC)s2)ccc1n3CCCCCCCC. The lowest BCUT2D eigenvalue weighted by atomic mass is 9.98. The van der Waals surface area contributed by atoms with Crippen LogP contribution < -0.4 is 0 Å². The van der Waals surface area contributed by atoms with Gasteiger partial charge in [0.25, 0.3) is 23.6 Å². The Morgan fingerprint density at radius 2 is 0.593 bits per heavy atom. The van der Waals surface area contributed by atoms with Crippen LogP contribution in [0.3, 0.4) is 0 Å². The molecule has 10 heterocycles. The van der Waals surface area contributed by atoms with Crippen LogP contribution in [0.2, 0.25) is 0 Å². The lowest BCUT2D eigenvalue weighted by Crippen LogP contribution is -2.34. The minimum atomic E-state index is -0.0313. The van der Waals surface area contributed by atoms with Crippen LogP contribution in [0.15, 0.2) is 130 Å². The maximum absolute atomic E-state index is 15.6. The third-order valence-electron chi connectivity index (χ3n) is 24.4. The van der Waals surface area contributed by atoms with Crippen LogP contribution in [0.5, 0.6) is 0 Å². The van der Waals surface area contributed by atoms with Gasteiger partial charge in [-0.1, -0.05) is 235 Å². The highest BCUT2D eigenvalue weighted by Crippen LogP contribution is 2.53. The van der Waals surface area contributed by atoms with Gasteiger partial charge in [0.2, 0.25) is 0 Å². The van der Waals surface area contributed by atoms with E-state index in [1.165, 1.54) is 108 Å². The Morgan fingerprint density at radius 3 is 0.898 bits per heavy atom. The minimum Gasteiger partial charge on any atom is -0.340 e. The number of hydrogen-bond donors (Lipinski definition) is 0. The Morgan fingerprint density at radius 1 is 0.296 bits per heavy atom. The van der Waals surface area contributed by atoms with Crippen molar-refractivity contribution in [2.24, 2.45) is 23.7 Å². The van der Waals surface area contributed by atoms with E-state index in [1.54, 1.807) is 45.3 Å². The first-order chi connectivity index (χ1) is 52.9. The van der Waals surface area contributed by atoms with Crippen molar-refractivity contribution < 1.29 is 19.2 Å². The highest BCUT2D eigenvalue weighted by Gasteiger charge is 2.52. The van der Waals surface area contributed by atoms with Crippen molar-refractivity contribution in [1.29, 1.82) is 0 Å². The Bertz CT molecular complexity index is 4480. The summed E-state index contributed by atoms with van der Waals surface area (Å²) in [6.45, 7) is 26.8. The molecule has 3 aromatic carbocycles. The molecule has 13 rings (SSSR count). The van der Waals surface area contributed by atoms with Crippen molar-refractivity contribution in [1.82, 2.24) is 28.7 Å². The number of fused-ring (bicyclic) bond motifs is 8. The Balaban J connectivity index is 0.931. The number of aryl methyl sites for hydroxylation is 2. The number of unbranched alkanes of at least 4 members (excludes halogenated alkanes) is 14. The molecule has 9 aromatic rings.